The average Bonchev–Trinajstić information content (AvgIpc) is 2.69. The molecule has 1 aliphatic rings. The third-order valence-corrected chi connectivity index (χ3v) is 5.14. The zero-order valence-corrected chi connectivity index (χ0v) is 16.3. The zero-order chi connectivity index (χ0) is 22.0. The number of aliphatic carboxylic acids is 1. The van der Waals surface area contributed by atoms with Crippen LogP contribution in [-0.4, -0.2) is 52.4 Å². The second-order valence-corrected chi connectivity index (χ2v) is 7.03. The maximum Gasteiger partial charge on any atom is 0.341 e. The number of ether oxygens (including phenoxy) is 1. The Labute approximate surface area is 170 Å². The Balaban J connectivity index is 2.01. The Kier molecular flexibility index (Phi) is 6.04. The summed E-state index contributed by atoms with van der Waals surface area (Å²) in [7, 11) is 0. The van der Waals surface area contributed by atoms with Gasteiger partial charge in [-0.15, -0.1) is 0 Å². The Morgan fingerprint density at radius 2 is 1.87 bits per heavy atom. The van der Waals surface area contributed by atoms with Gasteiger partial charge in [0.1, 0.15) is 17.9 Å². The topological polar surface area (TPSA) is 126 Å². The largest absolute Gasteiger partial charge is 0.480 e. The molecule has 160 valence electrons. The molecule has 3 rings (SSSR count). The van der Waals surface area contributed by atoms with E-state index in [0.717, 1.165) is 16.8 Å². The van der Waals surface area contributed by atoms with Gasteiger partial charge in [0.25, 0.3) is 0 Å². The highest BCUT2D eigenvalue weighted by molar-refractivity contribution is 5.94. The van der Waals surface area contributed by atoms with E-state index in [-0.39, 0.29) is 35.1 Å². The molecule has 0 spiro atoms. The highest BCUT2D eigenvalue weighted by Crippen LogP contribution is 2.29. The first-order valence-corrected chi connectivity index (χ1v) is 9.46. The first kappa shape index (κ1) is 21.3. The summed E-state index contributed by atoms with van der Waals surface area (Å²) in [6.45, 7) is 2.18. The summed E-state index contributed by atoms with van der Waals surface area (Å²) < 4.78 is 21.0. The number of halogens is 1. The lowest BCUT2D eigenvalue weighted by molar-refractivity contribution is -0.148. The minimum Gasteiger partial charge on any atom is -0.480 e. The van der Waals surface area contributed by atoms with E-state index in [1.807, 2.05) is 0 Å². The van der Waals surface area contributed by atoms with Crippen LogP contribution in [0.1, 0.15) is 30.1 Å². The van der Waals surface area contributed by atoms with Crippen molar-refractivity contribution < 1.29 is 33.7 Å². The van der Waals surface area contributed by atoms with Crippen molar-refractivity contribution in [3.05, 3.63) is 39.9 Å². The quantitative estimate of drug-likeness (QED) is 0.677. The number of benzene rings is 1. The van der Waals surface area contributed by atoms with E-state index in [2.05, 4.69) is 0 Å². The number of hydrogen-bond donors (Lipinski definition) is 2. The van der Waals surface area contributed by atoms with E-state index in [4.69, 9.17) is 9.84 Å². The van der Waals surface area contributed by atoms with E-state index < -0.39 is 35.3 Å². The summed E-state index contributed by atoms with van der Waals surface area (Å²) in [6.07, 6.45) is 1.89. The first-order valence-electron chi connectivity index (χ1n) is 9.46. The second-order valence-electron chi connectivity index (χ2n) is 7.03. The summed E-state index contributed by atoms with van der Waals surface area (Å²) in [4.78, 5) is 48.6. The third-order valence-electron chi connectivity index (χ3n) is 5.14. The van der Waals surface area contributed by atoms with Gasteiger partial charge in [-0.25, -0.2) is 9.18 Å². The number of carboxylic acids is 2. The molecule has 2 heterocycles. The van der Waals surface area contributed by atoms with Crippen LogP contribution in [0.4, 0.5) is 10.1 Å². The van der Waals surface area contributed by atoms with Gasteiger partial charge in [-0.1, -0.05) is 0 Å². The summed E-state index contributed by atoms with van der Waals surface area (Å²) >= 11 is 0. The van der Waals surface area contributed by atoms with E-state index in [1.165, 1.54) is 6.07 Å². The predicted octanol–water partition coefficient (Wildman–Crippen LogP) is 1.70. The van der Waals surface area contributed by atoms with E-state index in [0.29, 0.717) is 25.9 Å². The van der Waals surface area contributed by atoms with Gasteiger partial charge in [-0.3, -0.25) is 14.4 Å². The minimum atomic E-state index is -1.52. The van der Waals surface area contributed by atoms with Crippen LogP contribution >= 0.6 is 0 Å². The van der Waals surface area contributed by atoms with Crippen molar-refractivity contribution in [1.29, 1.82) is 0 Å². The molecule has 9 nitrogen and oxygen atoms in total. The van der Waals surface area contributed by atoms with E-state index >= 15 is 0 Å². The Morgan fingerprint density at radius 1 is 1.20 bits per heavy atom. The highest BCUT2D eigenvalue weighted by Gasteiger charge is 2.28. The zero-order valence-electron chi connectivity index (χ0n) is 16.3. The van der Waals surface area contributed by atoms with Crippen molar-refractivity contribution in [2.75, 3.05) is 24.6 Å². The van der Waals surface area contributed by atoms with Crippen LogP contribution in [0.2, 0.25) is 0 Å². The molecule has 30 heavy (non-hydrogen) atoms. The fourth-order valence-corrected chi connectivity index (χ4v) is 3.69. The molecule has 0 unspecified atom stereocenters. The van der Waals surface area contributed by atoms with E-state index in [9.17, 15) is 28.7 Å². The van der Waals surface area contributed by atoms with Crippen molar-refractivity contribution in [1.82, 2.24) is 4.57 Å². The molecule has 1 aromatic heterocycles. The lowest BCUT2D eigenvalue weighted by atomic mass is 9.96. The van der Waals surface area contributed by atoms with Crippen LogP contribution in [-0.2, 0) is 20.9 Å². The number of fused-ring (bicyclic) bond motifs is 1. The third kappa shape index (κ3) is 4.12. The molecule has 0 bridgehead atoms. The minimum absolute atomic E-state index is 0.122. The van der Waals surface area contributed by atoms with Gasteiger partial charge in [-0.2, -0.15) is 0 Å². The Bertz CT molecular complexity index is 1070. The first-order chi connectivity index (χ1) is 14.2. The highest BCUT2D eigenvalue weighted by atomic mass is 19.1. The number of pyridine rings is 1. The van der Waals surface area contributed by atoms with Crippen molar-refractivity contribution in [3.63, 3.8) is 0 Å². The molecule has 1 saturated heterocycles. The SMILES string of the molecule is CCOC(=O)C1CCN(c2cc3c(cc2F)c(=O)c(C(=O)O)cn3CC(=O)O)CC1. The number of rotatable bonds is 6. The number of carboxylic acid groups (broad SMARTS) is 2. The van der Waals surface area contributed by atoms with Crippen LogP contribution in [0, 0.1) is 11.7 Å². The summed E-state index contributed by atoms with van der Waals surface area (Å²) in [5, 5.41) is 18.2. The molecular weight excluding hydrogens is 399 g/mol. The maximum atomic E-state index is 14.8. The molecule has 1 aliphatic heterocycles. The summed E-state index contributed by atoms with van der Waals surface area (Å²) in [5.74, 6) is -4.04. The summed E-state index contributed by atoms with van der Waals surface area (Å²) in [6, 6.07) is 2.29. The number of aromatic nitrogens is 1. The van der Waals surface area contributed by atoms with Gasteiger partial charge in [0.2, 0.25) is 5.43 Å². The van der Waals surface area contributed by atoms with Crippen LogP contribution in [0.15, 0.2) is 23.1 Å². The van der Waals surface area contributed by atoms with Gasteiger partial charge in [0.15, 0.2) is 0 Å². The molecule has 2 aromatic rings. The molecule has 0 amide bonds. The number of carbonyl (C=O) groups excluding carboxylic acids is 1. The lowest BCUT2D eigenvalue weighted by Crippen LogP contribution is -2.37. The van der Waals surface area contributed by atoms with Crippen LogP contribution in [0.3, 0.4) is 0 Å². The number of hydrogen-bond acceptors (Lipinski definition) is 6. The molecule has 0 atom stereocenters. The molecule has 1 fully saturated rings. The standard InChI is InChI=1S/C20H21FN2O7/c1-2-30-20(29)11-3-5-22(6-4-11)16-8-15-12(7-14(16)21)18(26)13(19(27)28)9-23(15)10-17(24)25/h7-9,11H,2-6,10H2,1H3,(H,24,25)(H,27,28). The molecule has 1 aromatic carbocycles. The second kappa shape index (κ2) is 8.52. The molecule has 0 radical (unpaired) electrons. The maximum absolute atomic E-state index is 14.8. The van der Waals surface area contributed by atoms with E-state index in [1.54, 1.807) is 11.8 Å². The fraction of sp³-hybridized carbons (Fsp3) is 0.400. The molecule has 0 saturated carbocycles. The molecule has 0 aliphatic carbocycles. The van der Waals surface area contributed by atoms with Crippen LogP contribution < -0.4 is 10.3 Å². The Hall–Kier alpha value is -3.43. The monoisotopic (exact) mass is 420 g/mol. The number of piperidine rings is 1. The smallest absolute Gasteiger partial charge is 0.341 e. The van der Waals surface area contributed by atoms with Gasteiger partial charge in [0, 0.05) is 24.7 Å². The lowest BCUT2D eigenvalue weighted by Gasteiger charge is -2.33. The summed E-state index contributed by atoms with van der Waals surface area (Å²) in [5.41, 5.74) is -1.24. The molecular formula is C20H21FN2O7. The van der Waals surface area contributed by atoms with Gasteiger partial charge >= 0.3 is 17.9 Å². The van der Waals surface area contributed by atoms with Gasteiger partial charge in [0.05, 0.1) is 23.7 Å². The van der Waals surface area contributed by atoms with Crippen molar-refractivity contribution in [3.8, 4) is 0 Å². The number of anilines is 1. The predicted molar refractivity (Wildman–Crippen MR) is 104 cm³/mol. The van der Waals surface area contributed by atoms with Gasteiger partial charge in [-0.05, 0) is 31.9 Å². The number of nitrogens with zero attached hydrogens (tertiary/aromatic N) is 2. The number of esters is 1. The number of carbonyl (C=O) groups is 3. The average molecular weight is 420 g/mol. The van der Waals surface area contributed by atoms with Crippen molar-refractivity contribution >= 4 is 34.5 Å². The van der Waals surface area contributed by atoms with Crippen LogP contribution in [0.5, 0.6) is 0 Å². The van der Waals surface area contributed by atoms with Crippen LogP contribution in [0.25, 0.3) is 10.9 Å². The van der Waals surface area contributed by atoms with Gasteiger partial charge < -0.3 is 24.4 Å². The van der Waals surface area contributed by atoms with Crippen molar-refractivity contribution in [2.24, 2.45) is 5.92 Å². The normalized spacial score (nSPS) is 14.7. The van der Waals surface area contributed by atoms with Crippen molar-refractivity contribution in [2.45, 2.75) is 26.3 Å². The fourth-order valence-electron chi connectivity index (χ4n) is 3.69. The number of aromatic carboxylic acids is 1. The molecule has 10 heteroatoms. The Morgan fingerprint density at radius 3 is 2.43 bits per heavy atom. The molecule has 2 N–H and O–H groups in total.